The first-order chi connectivity index (χ1) is 20.5. The normalized spacial score (nSPS) is 18.1. The highest BCUT2D eigenvalue weighted by Gasteiger charge is 2.26. The number of alkyl halides is 3. The summed E-state index contributed by atoms with van der Waals surface area (Å²) >= 11 is 0. The maximum atomic E-state index is 15.5. The number of nitrogens with one attached hydrogen (secondary N) is 2. The van der Waals surface area contributed by atoms with Gasteiger partial charge in [0.25, 0.3) is 6.43 Å². The zero-order chi connectivity index (χ0) is 30.7. The van der Waals surface area contributed by atoms with Crippen LogP contribution >= 0.6 is 0 Å². The van der Waals surface area contributed by atoms with Crippen molar-refractivity contribution in [1.82, 2.24) is 20.3 Å². The molecule has 0 radical (unpaired) electrons. The number of sulfone groups is 1. The van der Waals surface area contributed by atoms with Crippen LogP contribution in [0.5, 0.6) is 5.88 Å². The number of nitrogens with zero attached hydrogens (tertiary/aromatic N) is 3. The van der Waals surface area contributed by atoms with Gasteiger partial charge in [0.15, 0.2) is 33.2 Å². The number of ether oxygens (including phenoxy) is 1. The Bertz CT molecular complexity index is 1710. The van der Waals surface area contributed by atoms with Crippen LogP contribution in [0.1, 0.15) is 24.5 Å². The molecule has 0 spiro atoms. The van der Waals surface area contributed by atoms with E-state index >= 15 is 8.78 Å². The average molecular weight is 622 g/mol. The molecule has 5 rings (SSSR count). The Morgan fingerprint density at radius 3 is 2.51 bits per heavy atom. The molecule has 1 aliphatic heterocycles. The molecule has 3 atom stereocenters. The molecule has 2 aromatic heterocycles. The van der Waals surface area contributed by atoms with Crippen LogP contribution in [-0.4, -0.2) is 61.2 Å². The largest absolute Gasteiger partial charge is 0.468 e. The lowest BCUT2D eigenvalue weighted by Gasteiger charge is -2.26. The number of halogens is 5. The predicted molar refractivity (Wildman–Crippen MR) is 151 cm³/mol. The van der Waals surface area contributed by atoms with Crippen molar-refractivity contribution in [1.29, 1.82) is 0 Å². The monoisotopic (exact) mass is 621 g/mol. The highest BCUT2D eigenvalue weighted by atomic mass is 32.2. The van der Waals surface area contributed by atoms with Crippen molar-refractivity contribution < 1.29 is 35.1 Å². The van der Waals surface area contributed by atoms with Crippen LogP contribution in [0.25, 0.3) is 22.2 Å². The third kappa shape index (κ3) is 7.36. The van der Waals surface area contributed by atoms with E-state index in [0.717, 1.165) is 19.1 Å². The molecule has 14 heteroatoms. The molecule has 0 bridgehead atoms. The minimum absolute atomic E-state index is 0.0165. The summed E-state index contributed by atoms with van der Waals surface area (Å²) < 4.78 is 102. The molecule has 228 valence electrons. The predicted octanol–water partition coefficient (Wildman–Crippen LogP) is 5.23. The molecule has 2 aromatic carbocycles. The lowest BCUT2D eigenvalue weighted by molar-refractivity contribution is 0.0206. The fourth-order valence-corrected chi connectivity index (χ4v) is 6.23. The molecule has 1 fully saturated rings. The standard InChI is InChI=1S/C29H28F5N5O3S/c1-16(26(33)34)42-28-23(9-19-11-36-29(39-27(19)38-28)37-21-10-20(30)12-35-13-21)22-8-7-18(24(31)25(22)32)15-43(40,41)14-17-5-3-2-4-6-17/h2-9,11,16,20-21,26,35H,10,12-15H2,1H3,(H,36,37,38,39)/t16?,20-,21-/m0/s1. The molecule has 8 nitrogen and oxygen atoms in total. The summed E-state index contributed by atoms with van der Waals surface area (Å²) in [4.78, 5) is 12.7. The molecule has 2 N–H and O–H groups in total. The zero-order valence-electron chi connectivity index (χ0n) is 22.9. The van der Waals surface area contributed by atoms with Gasteiger partial charge in [0.1, 0.15) is 6.17 Å². The Morgan fingerprint density at radius 1 is 1.02 bits per heavy atom. The van der Waals surface area contributed by atoms with Gasteiger partial charge in [-0.2, -0.15) is 9.97 Å². The number of hydrogen-bond donors (Lipinski definition) is 2. The van der Waals surface area contributed by atoms with Crippen LogP contribution in [0.4, 0.5) is 27.9 Å². The molecule has 1 aliphatic rings. The number of anilines is 1. The molecule has 1 saturated heterocycles. The van der Waals surface area contributed by atoms with Gasteiger partial charge in [-0.15, -0.1) is 0 Å². The molecular weight excluding hydrogens is 593 g/mol. The van der Waals surface area contributed by atoms with Crippen molar-refractivity contribution in [2.75, 3.05) is 18.4 Å². The van der Waals surface area contributed by atoms with E-state index in [4.69, 9.17) is 4.74 Å². The average Bonchev–Trinajstić information content (AvgIpc) is 2.95. The minimum atomic E-state index is -3.86. The van der Waals surface area contributed by atoms with Crippen molar-refractivity contribution in [3.8, 4) is 17.0 Å². The second-order valence-electron chi connectivity index (χ2n) is 10.4. The van der Waals surface area contributed by atoms with Gasteiger partial charge in [-0.05, 0) is 18.6 Å². The van der Waals surface area contributed by atoms with Crippen LogP contribution < -0.4 is 15.4 Å². The smallest absolute Gasteiger partial charge is 0.274 e. The summed E-state index contributed by atoms with van der Waals surface area (Å²) in [6.07, 6.45) is -4.04. The van der Waals surface area contributed by atoms with Gasteiger partial charge in [-0.1, -0.05) is 42.5 Å². The van der Waals surface area contributed by atoms with E-state index < -0.39 is 51.8 Å². The first-order valence-corrected chi connectivity index (χ1v) is 15.3. The van der Waals surface area contributed by atoms with Crippen molar-refractivity contribution in [2.45, 2.75) is 49.6 Å². The lowest BCUT2D eigenvalue weighted by Crippen LogP contribution is -2.44. The molecule has 1 unspecified atom stereocenters. The number of piperidine rings is 1. The lowest BCUT2D eigenvalue weighted by atomic mass is 10.0. The molecule has 4 aromatic rings. The zero-order valence-corrected chi connectivity index (χ0v) is 23.7. The van der Waals surface area contributed by atoms with Gasteiger partial charge in [0.05, 0.1) is 11.5 Å². The van der Waals surface area contributed by atoms with E-state index in [1.54, 1.807) is 30.3 Å². The Morgan fingerprint density at radius 2 is 1.79 bits per heavy atom. The molecule has 3 heterocycles. The van der Waals surface area contributed by atoms with E-state index in [9.17, 15) is 21.6 Å². The summed E-state index contributed by atoms with van der Waals surface area (Å²) in [5, 5.41) is 6.21. The van der Waals surface area contributed by atoms with Crippen LogP contribution in [0.2, 0.25) is 0 Å². The number of aromatic nitrogens is 3. The Kier molecular flexibility index (Phi) is 9.06. The second-order valence-corrected chi connectivity index (χ2v) is 12.4. The third-order valence-electron chi connectivity index (χ3n) is 6.87. The number of fused-ring (bicyclic) bond motifs is 1. The Labute approximate surface area is 244 Å². The van der Waals surface area contributed by atoms with E-state index in [0.29, 0.717) is 12.1 Å². The maximum Gasteiger partial charge on any atom is 0.274 e. The molecule has 0 saturated carbocycles. The third-order valence-corrected chi connectivity index (χ3v) is 8.40. The summed E-state index contributed by atoms with van der Waals surface area (Å²) in [6, 6.07) is 11.6. The van der Waals surface area contributed by atoms with Gasteiger partial charge in [-0.3, -0.25) is 0 Å². The van der Waals surface area contributed by atoms with Crippen LogP contribution in [0.15, 0.2) is 54.7 Å². The van der Waals surface area contributed by atoms with Crippen molar-refractivity contribution >= 4 is 26.8 Å². The summed E-state index contributed by atoms with van der Waals surface area (Å²) in [7, 11) is -3.86. The van der Waals surface area contributed by atoms with E-state index in [1.807, 2.05) is 0 Å². The van der Waals surface area contributed by atoms with Crippen LogP contribution in [0, 0.1) is 11.6 Å². The van der Waals surface area contributed by atoms with Crippen molar-refractivity contribution in [2.24, 2.45) is 0 Å². The molecule has 43 heavy (non-hydrogen) atoms. The topological polar surface area (TPSA) is 106 Å². The Hall–Kier alpha value is -3.91. The molecule has 0 amide bonds. The van der Waals surface area contributed by atoms with Gasteiger partial charge in [0.2, 0.25) is 11.8 Å². The number of pyridine rings is 1. The quantitative estimate of drug-likeness (QED) is 0.232. The maximum absolute atomic E-state index is 15.5. The van der Waals surface area contributed by atoms with Crippen LogP contribution in [0.3, 0.4) is 0 Å². The van der Waals surface area contributed by atoms with Crippen molar-refractivity contribution in [3.05, 3.63) is 77.5 Å². The highest BCUT2D eigenvalue weighted by Crippen LogP contribution is 2.36. The Balaban J connectivity index is 1.48. The first-order valence-electron chi connectivity index (χ1n) is 13.4. The van der Waals surface area contributed by atoms with Gasteiger partial charge >= 0.3 is 0 Å². The summed E-state index contributed by atoms with van der Waals surface area (Å²) in [6.45, 7) is 1.81. The van der Waals surface area contributed by atoms with Gasteiger partial charge < -0.3 is 15.4 Å². The summed E-state index contributed by atoms with van der Waals surface area (Å²) in [5.41, 5.74) is -0.406. The number of hydrogen-bond acceptors (Lipinski definition) is 8. The first kappa shape index (κ1) is 30.5. The minimum Gasteiger partial charge on any atom is -0.468 e. The van der Waals surface area contributed by atoms with E-state index in [2.05, 4.69) is 25.6 Å². The SMILES string of the molecule is CC(Oc1nc2nc(N[C@@H]3CNC[C@@H](F)C3)ncc2cc1-c1ccc(CS(=O)(=O)Cc2ccccc2)c(F)c1F)C(F)F. The molecular formula is C29H28F5N5O3S. The summed E-state index contributed by atoms with van der Waals surface area (Å²) in [5.74, 6) is -4.23. The highest BCUT2D eigenvalue weighted by molar-refractivity contribution is 7.89. The van der Waals surface area contributed by atoms with Crippen molar-refractivity contribution in [3.63, 3.8) is 0 Å². The second kappa shape index (κ2) is 12.8. The fourth-order valence-electron chi connectivity index (χ4n) is 4.73. The van der Waals surface area contributed by atoms with Gasteiger partial charge in [0, 0.05) is 53.8 Å². The molecule has 0 aliphatic carbocycles. The van der Waals surface area contributed by atoms with Crippen LogP contribution in [-0.2, 0) is 21.3 Å². The fraction of sp³-hybridized carbons (Fsp3) is 0.345. The number of benzene rings is 2. The van der Waals surface area contributed by atoms with Gasteiger partial charge in [-0.25, -0.2) is 35.4 Å². The van der Waals surface area contributed by atoms with E-state index in [1.165, 1.54) is 12.3 Å². The number of rotatable bonds is 10. The van der Waals surface area contributed by atoms with E-state index in [-0.39, 0.29) is 58.4 Å².